The van der Waals surface area contributed by atoms with E-state index < -0.39 is 0 Å². The number of ether oxygens (including phenoxy) is 1. The molecule has 0 bridgehead atoms. The van der Waals surface area contributed by atoms with Gasteiger partial charge in [0.2, 0.25) is 0 Å². The molecule has 0 spiro atoms. The fourth-order valence-electron chi connectivity index (χ4n) is 3.11. The van der Waals surface area contributed by atoms with E-state index in [0.29, 0.717) is 6.04 Å². The van der Waals surface area contributed by atoms with Crippen molar-refractivity contribution in [2.24, 2.45) is 5.92 Å². The van der Waals surface area contributed by atoms with Gasteiger partial charge in [-0.1, -0.05) is 31.5 Å². The number of nitrogens with one attached hydrogen (secondary N) is 1. The molecule has 2 aliphatic rings. The topological polar surface area (TPSA) is 21.3 Å². The lowest BCUT2D eigenvalue weighted by Crippen LogP contribution is -2.40. The Labute approximate surface area is 110 Å². The lowest BCUT2D eigenvalue weighted by atomic mass is 9.89. The maximum absolute atomic E-state index is 6.06. The van der Waals surface area contributed by atoms with Crippen molar-refractivity contribution in [3.05, 3.63) is 29.8 Å². The predicted octanol–water partition coefficient (Wildman–Crippen LogP) is 3.68. The van der Waals surface area contributed by atoms with Gasteiger partial charge in [-0.3, -0.25) is 0 Å². The van der Waals surface area contributed by atoms with Crippen molar-refractivity contribution in [1.29, 1.82) is 0 Å². The lowest BCUT2D eigenvalue weighted by molar-refractivity contribution is 0.0654. The molecule has 1 fully saturated rings. The number of rotatable bonds is 3. The number of hydrogen-bond acceptors (Lipinski definition) is 2. The Hall–Kier alpha value is -1.02. The van der Waals surface area contributed by atoms with Gasteiger partial charge in [-0.05, 0) is 32.3 Å². The maximum Gasteiger partial charge on any atom is 0.124 e. The molecule has 2 heteroatoms. The number of fused-ring (bicyclic) bond motifs is 1. The smallest absolute Gasteiger partial charge is 0.124 e. The second-order valence-corrected chi connectivity index (χ2v) is 6.33. The van der Waals surface area contributed by atoms with E-state index in [9.17, 15) is 0 Å². The third-order valence-electron chi connectivity index (χ3n) is 4.24. The lowest BCUT2D eigenvalue weighted by Gasteiger charge is -2.38. The first-order valence-corrected chi connectivity index (χ1v) is 7.13. The highest BCUT2D eigenvalue weighted by Gasteiger charge is 2.40. The van der Waals surface area contributed by atoms with Crippen LogP contribution in [0.1, 0.15) is 51.6 Å². The monoisotopic (exact) mass is 245 g/mol. The van der Waals surface area contributed by atoms with Gasteiger partial charge in [0.1, 0.15) is 11.4 Å². The molecule has 3 atom stereocenters. The summed E-state index contributed by atoms with van der Waals surface area (Å²) in [4.78, 5) is 0. The van der Waals surface area contributed by atoms with Crippen LogP contribution in [0, 0.1) is 5.92 Å². The van der Waals surface area contributed by atoms with Gasteiger partial charge in [-0.25, -0.2) is 0 Å². The second kappa shape index (κ2) is 4.27. The van der Waals surface area contributed by atoms with Crippen LogP contribution in [0.5, 0.6) is 5.75 Å². The van der Waals surface area contributed by atoms with Crippen LogP contribution in [-0.2, 0) is 0 Å². The van der Waals surface area contributed by atoms with Gasteiger partial charge in [-0.15, -0.1) is 0 Å². The molecule has 2 nitrogen and oxygen atoms in total. The Bertz CT molecular complexity index is 440. The highest BCUT2D eigenvalue weighted by Crippen LogP contribution is 2.42. The average molecular weight is 245 g/mol. The van der Waals surface area contributed by atoms with Crippen molar-refractivity contribution in [3.63, 3.8) is 0 Å². The van der Waals surface area contributed by atoms with Crippen LogP contribution >= 0.6 is 0 Å². The van der Waals surface area contributed by atoms with Gasteiger partial charge in [-0.2, -0.15) is 0 Å². The molecule has 0 saturated heterocycles. The summed E-state index contributed by atoms with van der Waals surface area (Å²) in [6, 6.07) is 9.64. The molecule has 1 aromatic rings. The van der Waals surface area contributed by atoms with Gasteiger partial charge < -0.3 is 10.1 Å². The Morgan fingerprint density at radius 1 is 1.33 bits per heavy atom. The van der Waals surface area contributed by atoms with Crippen molar-refractivity contribution in [2.75, 3.05) is 0 Å². The zero-order chi connectivity index (χ0) is 12.8. The molecule has 3 unspecified atom stereocenters. The Balaban J connectivity index is 1.81. The van der Waals surface area contributed by atoms with Crippen molar-refractivity contribution < 1.29 is 4.74 Å². The number of hydrogen-bond donors (Lipinski definition) is 1. The summed E-state index contributed by atoms with van der Waals surface area (Å²) in [5.41, 5.74) is 1.27. The maximum atomic E-state index is 6.06. The fourth-order valence-corrected chi connectivity index (χ4v) is 3.11. The Morgan fingerprint density at radius 2 is 2.11 bits per heavy atom. The Kier molecular flexibility index (Phi) is 2.86. The van der Waals surface area contributed by atoms with Crippen LogP contribution in [-0.4, -0.2) is 11.6 Å². The third-order valence-corrected chi connectivity index (χ3v) is 4.24. The van der Waals surface area contributed by atoms with Crippen LogP contribution in [0.4, 0.5) is 0 Å². The molecular formula is C16H23NO. The SMILES string of the molecule is CCC1CC1NC1CC(C)(C)Oc2ccccc21. The number of para-hydroxylation sites is 1. The van der Waals surface area contributed by atoms with Gasteiger partial charge in [0.15, 0.2) is 0 Å². The molecule has 0 radical (unpaired) electrons. The molecule has 0 amide bonds. The van der Waals surface area contributed by atoms with Crippen LogP contribution in [0.25, 0.3) is 0 Å². The van der Waals surface area contributed by atoms with Crippen molar-refractivity contribution in [1.82, 2.24) is 5.32 Å². The molecule has 1 saturated carbocycles. The van der Waals surface area contributed by atoms with E-state index in [1.165, 1.54) is 18.4 Å². The molecular weight excluding hydrogens is 222 g/mol. The summed E-state index contributed by atoms with van der Waals surface area (Å²) < 4.78 is 6.06. The zero-order valence-electron chi connectivity index (χ0n) is 11.6. The molecule has 3 rings (SSSR count). The highest BCUT2D eigenvalue weighted by atomic mass is 16.5. The van der Waals surface area contributed by atoms with E-state index in [4.69, 9.17) is 4.74 Å². The van der Waals surface area contributed by atoms with Gasteiger partial charge in [0.05, 0.1) is 0 Å². The number of benzene rings is 1. The summed E-state index contributed by atoms with van der Waals surface area (Å²) in [6.07, 6.45) is 3.69. The zero-order valence-corrected chi connectivity index (χ0v) is 11.6. The Morgan fingerprint density at radius 3 is 2.83 bits per heavy atom. The fraction of sp³-hybridized carbons (Fsp3) is 0.625. The third kappa shape index (κ3) is 2.26. The summed E-state index contributed by atoms with van der Waals surface area (Å²) in [7, 11) is 0. The largest absolute Gasteiger partial charge is 0.487 e. The minimum absolute atomic E-state index is 0.0668. The normalized spacial score (nSPS) is 32.5. The quantitative estimate of drug-likeness (QED) is 0.877. The molecule has 1 aliphatic heterocycles. The molecule has 0 aromatic heterocycles. The van der Waals surface area contributed by atoms with E-state index >= 15 is 0 Å². The van der Waals surface area contributed by atoms with E-state index in [-0.39, 0.29) is 5.60 Å². The summed E-state index contributed by atoms with van der Waals surface area (Å²) in [5, 5.41) is 3.83. The van der Waals surface area contributed by atoms with Crippen LogP contribution in [0.2, 0.25) is 0 Å². The molecule has 1 heterocycles. The highest BCUT2D eigenvalue weighted by molar-refractivity contribution is 5.38. The van der Waals surface area contributed by atoms with E-state index in [0.717, 1.165) is 24.1 Å². The summed E-state index contributed by atoms with van der Waals surface area (Å²) in [6.45, 7) is 6.65. The van der Waals surface area contributed by atoms with Gasteiger partial charge in [0.25, 0.3) is 0 Å². The standard InChI is InChI=1S/C16H23NO/c1-4-11-9-13(11)17-14-10-16(2,3)18-15-8-6-5-7-12(14)15/h5-8,11,13-14,17H,4,9-10H2,1-3H3. The first-order valence-electron chi connectivity index (χ1n) is 7.13. The molecule has 1 aromatic carbocycles. The van der Waals surface area contributed by atoms with Gasteiger partial charge >= 0.3 is 0 Å². The van der Waals surface area contributed by atoms with Crippen LogP contribution in [0.3, 0.4) is 0 Å². The van der Waals surface area contributed by atoms with Crippen molar-refractivity contribution in [2.45, 2.75) is 57.7 Å². The average Bonchev–Trinajstić information content (AvgIpc) is 3.06. The molecule has 1 N–H and O–H groups in total. The summed E-state index contributed by atoms with van der Waals surface area (Å²) >= 11 is 0. The van der Waals surface area contributed by atoms with Crippen molar-refractivity contribution >= 4 is 0 Å². The predicted molar refractivity (Wildman–Crippen MR) is 73.8 cm³/mol. The minimum Gasteiger partial charge on any atom is -0.487 e. The molecule has 98 valence electrons. The molecule has 18 heavy (non-hydrogen) atoms. The van der Waals surface area contributed by atoms with Crippen LogP contribution in [0.15, 0.2) is 24.3 Å². The van der Waals surface area contributed by atoms with Crippen LogP contribution < -0.4 is 10.1 Å². The molecule has 1 aliphatic carbocycles. The van der Waals surface area contributed by atoms with Crippen molar-refractivity contribution in [3.8, 4) is 5.75 Å². The second-order valence-electron chi connectivity index (χ2n) is 6.33. The first kappa shape index (κ1) is 12.0. The first-order chi connectivity index (χ1) is 8.59. The van der Waals surface area contributed by atoms with E-state index in [2.05, 4.69) is 50.4 Å². The minimum atomic E-state index is -0.0668. The van der Waals surface area contributed by atoms with E-state index in [1.54, 1.807) is 0 Å². The summed E-state index contributed by atoms with van der Waals surface area (Å²) in [5.74, 6) is 1.95. The van der Waals surface area contributed by atoms with E-state index in [1.807, 2.05) is 0 Å². The van der Waals surface area contributed by atoms with Gasteiger partial charge in [0, 0.05) is 24.1 Å².